The molecule has 0 radical (unpaired) electrons. The molecule has 3 aromatic rings. The Balaban J connectivity index is 2.10. The van der Waals surface area contributed by atoms with E-state index in [9.17, 15) is 0 Å². The maximum atomic E-state index is 5.77. The fourth-order valence-electron chi connectivity index (χ4n) is 2.44. The van der Waals surface area contributed by atoms with E-state index < -0.39 is 0 Å². The summed E-state index contributed by atoms with van der Waals surface area (Å²) >= 11 is 0. The number of benzene rings is 2. The van der Waals surface area contributed by atoms with Gasteiger partial charge in [0.2, 0.25) is 0 Å². The fraction of sp³-hybridized carbons (Fsp3) is 0.167. The molecule has 0 fully saturated rings. The molecule has 0 aliphatic heterocycles. The molecule has 1 aromatic heterocycles. The Morgan fingerprint density at radius 1 is 0.957 bits per heavy atom. The summed E-state index contributed by atoms with van der Waals surface area (Å²) in [6.45, 7) is 0.389. The van der Waals surface area contributed by atoms with Crippen molar-refractivity contribution in [2.24, 2.45) is 5.73 Å². The second-order valence-electron chi connectivity index (χ2n) is 5.07. The van der Waals surface area contributed by atoms with Crippen LogP contribution in [0, 0.1) is 0 Å². The van der Waals surface area contributed by atoms with Gasteiger partial charge >= 0.3 is 0 Å². The molecule has 1 heterocycles. The van der Waals surface area contributed by atoms with Gasteiger partial charge in [0, 0.05) is 18.2 Å². The van der Waals surface area contributed by atoms with Crippen LogP contribution in [0.25, 0.3) is 16.9 Å². The van der Waals surface area contributed by atoms with Gasteiger partial charge in [-0.1, -0.05) is 6.07 Å². The van der Waals surface area contributed by atoms with Gasteiger partial charge in [-0.3, -0.25) is 0 Å². The highest BCUT2D eigenvalue weighted by Gasteiger charge is 2.12. The van der Waals surface area contributed by atoms with Crippen LogP contribution in [0.5, 0.6) is 11.5 Å². The zero-order chi connectivity index (χ0) is 16.2. The van der Waals surface area contributed by atoms with Crippen molar-refractivity contribution in [2.75, 3.05) is 14.2 Å². The molecule has 0 atom stereocenters. The van der Waals surface area contributed by atoms with Crippen molar-refractivity contribution in [3.05, 3.63) is 60.3 Å². The monoisotopic (exact) mass is 309 g/mol. The van der Waals surface area contributed by atoms with E-state index in [0.717, 1.165) is 34.1 Å². The van der Waals surface area contributed by atoms with Gasteiger partial charge in [-0.25, -0.2) is 4.68 Å². The lowest BCUT2D eigenvalue weighted by Gasteiger charge is -2.09. The molecule has 23 heavy (non-hydrogen) atoms. The average molecular weight is 309 g/mol. The molecule has 0 aliphatic rings. The molecule has 0 bridgehead atoms. The SMILES string of the molecule is COc1ccc(-c2cc(CN)nn2-c2cccc(OC)c2)cc1. The summed E-state index contributed by atoms with van der Waals surface area (Å²) < 4.78 is 12.4. The smallest absolute Gasteiger partial charge is 0.121 e. The van der Waals surface area contributed by atoms with Crippen LogP contribution < -0.4 is 15.2 Å². The second-order valence-corrected chi connectivity index (χ2v) is 5.07. The highest BCUT2D eigenvalue weighted by molar-refractivity contribution is 5.64. The Kier molecular flexibility index (Phi) is 4.30. The lowest BCUT2D eigenvalue weighted by Crippen LogP contribution is -2.02. The predicted octanol–water partition coefficient (Wildman–Crippen LogP) is 3.02. The van der Waals surface area contributed by atoms with Crippen molar-refractivity contribution in [3.8, 4) is 28.4 Å². The lowest BCUT2D eigenvalue weighted by molar-refractivity contribution is 0.414. The number of ether oxygens (including phenoxy) is 2. The third-order valence-corrected chi connectivity index (χ3v) is 3.65. The largest absolute Gasteiger partial charge is 0.497 e. The molecule has 0 aliphatic carbocycles. The van der Waals surface area contributed by atoms with Crippen LogP contribution in [0.1, 0.15) is 5.69 Å². The zero-order valence-electron chi connectivity index (χ0n) is 13.2. The molecule has 0 unspecified atom stereocenters. The molecule has 5 heteroatoms. The summed E-state index contributed by atoms with van der Waals surface area (Å²) in [4.78, 5) is 0. The van der Waals surface area contributed by atoms with E-state index >= 15 is 0 Å². The van der Waals surface area contributed by atoms with Crippen molar-refractivity contribution >= 4 is 0 Å². The summed E-state index contributed by atoms with van der Waals surface area (Å²) in [5.41, 5.74) is 9.54. The molecule has 0 saturated heterocycles. The quantitative estimate of drug-likeness (QED) is 0.787. The third kappa shape index (κ3) is 3.05. The zero-order valence-corrected chi connectivity index (χ0v) is 13.2. The molecule has 2 N–H and O–H groups in total. The van der Waals surface area contributed by atoms with E-state index in [1.54, 1.807) is 14.2 Å². The van der Waals surface area contributed by atoms with Crippen LogP contribution in [-0.4, -0.2) is 24.0 Å². The number of rotatable bonds is 5. The summed E-state index contributed by atoms with van der Waals surface area (Å²) in [5.74, 6) is 1.60. The molecule has 2 aromatic carbocycles. The molecular formula is C18H19N3O2. The van der Waals surface area contributed by atoms with E-state index in [1.165, 1.54) is 0 Å². The minimum Gasteiger partial charge on any atom is -0.497 e. The number of hydrogen-bond acceptors (Lipinski definition) is 4. The molecule has 3 rings (SSSR count). The van der Waals surface area contributed by atoms with Crippen LogP contribution in [0.3, 0.4) is 0 Å². The number of methoxy groups -OCH3 is 2. The Morgan fingerprint density at radius 3 is 2.35 bits per heavy atom. The van der Waals surface area contributed by atoms with Gasteiger partial charge in [-0.15, -0.1) is 0 Å². The summed E-state index contributed by atoms with van der Waals surface area (Å²) in [7, 11) is 3.31. The van der Waals surface area contributed by atoms with Gasteiger partial charge in [-0.05, 0) is 42.5 Å². The van der Waals surface area contributed by atoms with E-state index in [2.05, 4.69) is 5.10 Å². The van der Waals surface area contributed by atoms with Crippen molar-refractivity contribution in [3.63, 3.8) is 0 Å². The molecule has 0 saturated carbocycles. The Morgan fingerprint density at radius 2 is 1.70 bits per heavy atom. The van der Waals surface area contributed by atoms with Gasteiger partial charge in [0.15, 0.2) is 0 Å². The first-order valence-corrected chi connectivity index (χ1v) is 7.33. The van der Waals surface area contributed by atoms with Gasteiger partial charge in [-0.2, -0.15) is 5.10 Å². The van der Waals surface area contributed by atoms with E-state index in [1.807, 2.05) is 59.3 Å². The lowest BCUT2D eigenvalue weighted by atomic mass is 10.1. The predicted molar refractivity (Wildman–Crippen MR) is 90.0 cm³/mol. The third-order valence-electron chi connectivity index (χ3n) is 3.65. The minimum absolute atomic E-state index is 0.389. The molecule has 0 spiro atoms. The molecule has 118 valence electrons. The van der Waals surface area contributed by atoms with Crippen LogP contribution in [0.4, 0.5) is 0 Å². The van der Waals surface area contributed by atoms with Crippen molar-refractivity contribution in [1.82, 2.24) is 9.78 Å². The Bertz CT molecular complexity index is 794. The highest BCUT2D eigenvalue weighted by atomic mass is 16.5. The highest BCUT2D eigenvalue weighted by Crippen LogP contribution is 2.27. The number of aromatic nitrogens is 2. The van der Waals surface area contributed by atoms with Gasteiger partial charge < -0.3 is 15.2 Å². The average Bonchev–Trinajstić information content (AvgIpc) is 3.06. The Hall–Kier alpha value is -2.79. The fourth-order valence-corrected chi connectivity index (χ4v) is 2.44. The van der Waals surface area contributed by atoms with E-state index in [0.29, 0.717) is 6.54 Å². The molecule has 0 amide bonds. The normalized spacial score (nSPS) is 10.6. The number of nitrogens with zero attached hydrogens (tertiary/aromatic N) is 2. The summed E-state index contributed by atoms with van der Waals surface area (Å²) in [6.07, 6.45) is 0. The second kappa shape index (κ2) is 6.54. The van der Waals surface area contributed by atoms with Crippen molar-refractivity contribution < 1.29 is 9.47 Å². The minimum atomic E-state index is 0.389. The first-order valence-electron chi connectivity index (χ1n) is 7.33. The van der Waals surface area contributed by atoms with Crippen LogP contribution in [0.2, 0.25) is 0 Å². The van der Waals surface area contributed by atoms with Crippen LogP contribution >= 0.6 is 0 Å². The van der Waals surface area contributed by atoms with Crippen molar-refractivity contribution in [2.45, 2.75) is 6.54 Å². The topological polar surface area (TPSA) is 62.3 Å². The maximum absolute atomic E-state index is 5.77. The van der Waals surface area contributed by atoms with Gasteiger partial charge in [0.25, 0.3) is 0 Å². The van der Waals surface area contributed by atoms with E-state index in [-0.39, 0.29) is 0 Å². The standard InChI is InChI=1S/C18H19N3O2/c1-22-16-8-6-13(7-9-16)18-10-14(12-19)20-21(18)15-4-3-5-17(11-15)23-2/h3-11H,12,19H2,1-2H3. The summed E-state index contributed by atoms with van der Waals surface area (Å²) in [5, 5.41) is 4.60. The van der Waals surface area contributed by atoms with Crippen LogP contribution in [0.15, 0.2) is 54.6 Å². The first kappa shape index (κ1) is 15.1. The Labute approximate surface area is 135 Å². The van der Waals surface area contributed by atoms with Crippen molar-refractivity contribution in [1.29, 1.82) is 0 Å². The first-order chi connectivity index (χ1) is 11.2. The van der Waals surface area contributed by atoms with E-state index in [4.69, 9.17) is 15.2 Å². The molecular weight excluding hydrogens is 290 g/mol. The van der Waals surface area contributed by atoms with Crippen LogP contribution in [-0.2, 0) is 6.54 Å². The maximum Gasteiger partial charge on any atom is 0.121 e. The van der Waals surface area contributed by atoms with Gasteiger partial charge in [0.1, 0.15) is 11.5 Å². The van der Waals surface area contributed by atoms with Gasteiger partial charge in [0.05, 0.1) is 31.3 Å². The summed E-state index contributed by atoms with van der Waals surface area (Å²) in [6, 6.07) is 17.7. The number of hydrogen-bond donors (Lipinski definition) is 1. The molecule has 5 nitrogen and oxygen atoms in total. The number of nitrogens with two attached hydrogens (primary N) is 1.